The Morgan fingerprint density at radius 1 is 1.22 bits per heavy atom. The molecule has 0 amide bonds. The Balaban J connectivity index is 1.52. The Bertz CT molecular complexity index is 855. The van der Waals surface area contributed by atoms with E-state index in [1.807, 2.05) is 18.2 Å². The fourth-order valence-electron chi connectivity index (χ4n) is 4.26. The number of rotatable bonds is 5. The SMILES string of the molecule is COC(=O)CC1COc2cc(O[C@@H]3CCc4c(C(C)C)cccc43)ccc21. The molecule has 2 aliphatic rings. The lowest BCUT2D eigenvalue weighted by Gasteiger charge is -2.17. The molecule has 4 heteroatoms. The van der Waals surface area contributed by atoms with Crippen LogP contribution in [-0.2, 0) is 16.0 Å². The van der Waals surface area contributed by atoms with Crippen LogP contribution in [0.15, 0.2) is 36.4 Å². The van der Waals surface area contributed by atoms with E-state index in [0.29, 0.717) is 18.9 Å². The first kappa shape index (κ1) is 17.9. The Labute approximate surface area is 160 Å². The summed E-state index contributed by atoms with van der Waals surface area (Å²) in [5.74, 6) is 2.01. The summed E-state index contributed by atoms with van der Waals surface area (Å²) in [6, 6.07) is 12.5. The van der Waals surface area contributed by atoms with Gasteiger partial charge in [-0.1, -0.05) is 38.1 Å². The molecule has 27 heavy (non-hydrogen) atoms. The van der Waals surface area contributed by atoms with E-state index < -0.39 is 0 Å². The normalized spacial score (nSPS) is 20.1. The standard InChI is InChI=1S/C23H26O4/c1-14(2)17-5-4-6-20-19(17)9-10-21(20)27-16-7-8-18-15(11-23(24)25-3)13-26-22(18)12-16/h4-8,12,14-15,21H,9-11,13H2,1-3H3/t15?,21-/m1/s1. The molecule has 2 atom stereocenters. The molecule has 0 bridgehead atoms. The molecule has 0 N–H and O–H groups in total. The van der Waals surface area contributed by atoms with Crippen molar-refractivity contribution in [3.63, 3.8) is 0 Å². The van der Waals surface area contributed by atoms with Crippen molar-refractivity contribution in [2.24, 2.45) is 0 Å². The molecule has 0 radical (unpaired) electrons. The van der Waals surface area contributed by atoms with Crippen LogP contribution in [0.25, 0.3) is 0 Å². The first-order valence-corrected chi connectivity index (χ1v) is 9.68. The van der Waals surface area contributed by atoms with E-state index in [-0.39, 0.29) is 18.0 Å². The second-order valence-corrected chi connectivity index (χ2v) is 7.70. The molecule has 4 nitrogen and oxygen atoms in total. The third-order valence-electron chi connectivity index (χ3n) is 5.66. The van der Waals surface area contributed by atoms with Crippen LogP contribution in [0.2, 0.25) is 0 Å². The molecule has 142 valence electrons. The second kappa shape index (κ2) is 7.26. The van der Waals surface area contributed by atoms with Crippen LogP contribution in [0.4, 0.5) is 0 Å². The molecule has 2 aromatic rings. The highest BCUT2D eigenvalue weighted by atomic mass is 16.5. The summed E-state index contributed by atoms with van der Waals surface area (Å²) in [6.07, 6.45) is 2.50. The third kappa shape index (κ3) is 3.41. The van der Waals surface area contributed by atoms with Crippen LogP contribution < -0.4 is 9.47 Å². The van der Waals surface area contributed by atoms with E-state index in [0.717, 1.165) is 29.9 Å². The zero-order valence-corrected chi connectivity index (χ0v) is 16.2. The highest BCUT2D eigenvalue weighted by molar-refractivity contribution is 5.71. The summed E-state index contributed by atoms with van der Waals surface area (Å²) < 4.78 is 16.9. The van der Waals surface area contributed by atoms with Gasteiger partial charge in [0.2, 0.25) is 0 Å². The molecule has 0 aromatic heterocycles. The predicted molar refractivity (Wildman–Crippen MR) is 104 cm³/mol. The van der Waals surface area contributed by atoms with E-state index in [9.17, 15) is 4.79 Å². The Morgan fingerprint density at radius 2 is 2.07 bits per heavy atom. The van der Waals surface area contributed by atoms with Crippen molar-refractivity contribution in [2.45, 2.75) is 51.0 Å². The lowest BCUT2D eigenvalue weighted by Crippen LogP contribution is -2.09. The number of hydrogen-bond acceptors (Lipinski definition) is 4. The summed E-state index contributed by atoms with van der Waals surface area (Å²) in [5, 5.41) is 0. The summed E-state index contributed by atoms with van der Waals surface area (Å²) >= 11 is 0. The largest absolute Gasteiger partial charge is 0.492 e. The van der Waals surface area contributed by atoms with Gasteiger partial charge in [0, 0.05) is 17.5 Å². The van der Waals surface area contributed by atoms with E-state index in [4.69, 9.17) is 14.2 Å². The van der Waals surface area contributed by atoms with Gasteiger partial charge in [-0.25, -0.2) is 0 Å². The zero-order chi connectivity index (χ0) is 19.0. The number of hydrogen-bond donors (Lipinski definition) is 0. The van der Waals surface area contributed by atoms with Gasteiger partial charge in [0.1, 0.15) is 17.6 Å². The predicted octanol–water partition coefficient (Wildman–Crippen LogP) is 4.92. The van der Waals surface area contributed by atoms with Crippen molar-refractivity contribution in [3.8, 4) is 11.5 Å². The zero-order valence-electron chi connectivity index (χ0n) is 16.2. The van der Waals surface area contributed by atoms with Crippen molar-refractivity contribution in [3.05, 3.63) is 58.7 Å². The second-order valence-electron chi connectivity index (χ2n) is 7.70. The maximum absolute atomic E-state index is 11.6. The maximum atomic E-state index is 11.6. The van der Waals surface area contributed by atoms with Crippen LogP contribution in [0.5, 0.6) is 11.5 Å². The Hall–Kier alpha value is -2.49. The van der Waals surface area contributed by atoms with Gasteiger partial charge >= 0.3 is 5.97 Å². The molecule has 1 aliphatic heterocycles. The Morgan fingerprint density at radius 3 is 2.85 bits per heavy atom. The molecule has 1 unspecified atom stereocenters. The first-order chi connectivity index (χ1) is 13.1. The van der Waals surface area contributed by atoms with Gasteiger partial charge in [-0.3, -0.25) is 4.79 Å². The monoisotopic (exact) mass is 366 g/mol. The van der Waals surface area contributed by atoms with E-state index in [2.05, 4.69) is 32.0 Å². The molecular formula is C23H26O4. The van der Waals surface area contributed by atoms with Gasteiger partial charge in [-0.2, -0.15) is 0 Å². The van der Waals surface area contributed by atoms with Gasteiger partial charge in [0.05, 0.1) is 20.1 Å². The van der Waals surface area contributed by atoms with Crippen LogP contribution in [0.3, 0.4) is 0 Å². The number of ether oxygens (including phenoxy) is 3. The number of fused-ring (bicyclic) bond motifs is 2. The van der Waals surface area contributed by atoms with Gasteiger partial charge in [-0.15, -0.1) is 0 Å². The third-order valence-corrected chi connectivity index (χ3v) is 5.66. The first-order valence-electron chi connectivity index (χ1n) is 9.68. The smallest absolute Gasteiger partial charge is 0.306 e. The lowest BCUT2D eigenvalue weighted by molar-refractivity contribution is -0.141. The van der Waals surface area contributed by atoms with Crippen molar-refractivity contribution in [2.75, 3.05) is 13.7 Å². The highest BCUT2D eigenvalue weighted by Gasteiger charge is 2.29. The summed E-state index contributed by atoms with van der Waals surface area (Å²) in [5.41, 5.74) is 5.25. The Kier molecular flexibility index (Phi) is 4.81. The van der Waals surface area contributed by atoms with Crippen LogP contribution >= 0.6 is 0 Å². The van der Waals surface area contributed by atoms with Gasteiger partial charge in [0.15, 0.2) is 0 Å². The van der Waals surface area contributed by atoms with E-state index in [1.165, 1.54) is 23.8 Å². The molecule has 1 heterocycles. The van der Waals surface area contributed by atoms with E-state index >= 15 is 0 Å². The van der Waals surface area contributed by atoms with Gasteiger partial charge in [0.25, 0.3) is 0 Å². The van der Waals surface area contributed by atoms with Crippen LogP contribution in [0, 0.1) is 0 Å². The van der Waals surface area contributed by atoms with Crippen molar-refractivity contribution >= 4 is 5.97 Å². The number of carbonyl (C=O) groups excluding carboxylic acids is 1. The quantitative estimate of drug-likeness (QED) is 0.705. The van der Waals surface area contributed by atoms with Crippen molar-refractivity contribution < 1.29 is 19.0 Å². The topological polar surface area (TPSA) is 44.8 Å². The van der Waals surface area contributed by atoms with Crippen LogP contribution in [0.1, 0.15) is 66.9 Å². The van der Waals surface area contributed by atoms with Crippen molar-refractivity contribution in [1.29, 1.82) is 0 Å². The average Bonchev–Trinajstić information content (AvgIpc) is 3.25. The molecule has 0 saturated carbocycles. The van der Waals surface area contributed by atoms with Gasteiger partial charge in [-0.05, 0) is 41.5 Å². The summed E-state index contributed by atoms with van der Waals surface area (Å²) in [6.45, 7) is 5.00. The molecule has 2 aromatic carbocycles. The number of methoxy groups -OCH3 is 1. The fraction of sp³-hybridized carbons (Fsp3) is 0.435. The summed E-state index contributed by atoms with van der Waals surface area (Å²) in [7, 11) is 1.42. The summed E-state index contributed by atoms with van der Waals surface area (Å²) in [4.78, 5) is 11.6. The molecule has 1 aliphatic carbocycles. The van der Waals surface area contributed by atoms with E-state index in [1.54, 1.807) is 0 Å². The molecule has 0 spiro atoms. The minimum Gasteiger partial charge on any atom is -0.492 e. The fourth-order valence-corrected chi connectivity index (χ4v) is 4.26. The molecular weight excluding hydrogens is 340 g/mol. The average molecular weight is 366 g/mol. The lowest BCUT2D eigenvalue weighted by atomic mass is 9.94. The molecule has 0 fully saturated rings. The molecule has 0 saturated heterocycles. The van der Waals surface area contributed by atoms with Gasteiger partial charge < -0.3 is 14.2 Å². The number of carbonyl (C=O) groups is 1. The van der Waals surface area contributed by atoms with Crippen LogP contribution in [-0.4, -0.2) is 19.7 Å². The number of benzene rings is 2. The molecule has 4 rings (SSSR count). The number of esters is 1. The minimum absolute atomic E-state index is 0.0577. The maximum Gasteiger partial charge on any atom is 0.306 e. The highest BCUT2D eigenvalue weighted by Crippen LogP contribution is 2.42. The van der Waals surface area contributed by atoms with Crippen molar-refractivity contribution in [1.82, 2.24) is 0 Å². The minimum atomic E-state index is -0.208.